The number of nitrogens with zero attached hydrogens (tertiary/aromatic N) is 2. The van der Waals surface area contributed by atoms with E-state index >= 15 is 0 Å². The molecule has 0 spiro atoms. The standard InChI is InChI=1S/C19H18N4O4S2/c1-11-13(18(25)20-2)4-3-5-14(11)21-17(24)12-6-7-15-16(10-12)28-19-22-29(26,27)9-8-23(15)19/h3-7,10H,8-9H2,1-2H3,(H,20,25)(H,21,24). The topological polar surface area (TPSA) is 108 Å². The van der Waals surface area contributed by atoms with Crippen LogP contribution in [0.1, 0.15) is 26.3 Å². The van der Waals surface area contributed by atoms with E-state index in [0.717, 1.165) is 10.6 Å². The first-order valence-corrected chi connectivity index (χ1v) is 11.3. The molecule has 0 bridgehead atoms. The highest BCUT2D eigenvalue weighted by atomic mass is 32.2. The molecule has 2 aromatic carbocycles. The van der Waals surface area contributed by atoms with Gasteiger partial charge in [-0.15, -0.1) is 4.40 Å². The highest BCUT2D eigenvalue weighted by molar-refractivity contribution is 8.15. The number of benzene rings is 2. The second-order valence-corrected chi connectivity index (χ2v) is 9.37. The number of hydrogen-bond donors (Lipinski definition) is 2. The van der Waals surface area contributed by atoms with Crippen molar-refractivity contribution >= 4 is 50.1 Å². The van der Waals surface area contributed by atoms with Gasteiger partial charge in [0.15, 0.2) is 5.17 Å². The van der Waals surface area contributed by atoms with E-state index in [1.54, 1.807) is 50.4 Å². The summed E-state index contributed by atoms with van der Waals surface area (Å²) in [5.74, 6) is -0.565. The van der Waals surface area contributed by atoms with Gasteiger partial charge in [0, 0.05) is 35.3 Å². The third kappa shape index (κ3) is 3.60. The Morgan fingerprint density at radius 3 is 2.72 bits per heavy atom. The SMILES string of the molecule is CNC(=O)c1cccc(NC(=O)c2ccc3c(c2)SC2=NS(=O)(=O)CCN23)c1C. The number of amidine groups is 1. The summed E-state index contributed by atoms with van der Waals surface area (Å²) in [4.78, 5) is 27.4. The van der Waals surface area contributed by atoms with Crippen LogP contribution in [0.3, 0.4) is 0 Å². The van der Waals surface area contributed by atoms with Gasteiger partial charge in [-0.05, 0) is 54.6 Å². The van der Waals surface area contributed by atoms with E-state index in [9.17, 15) is 18.0 Å². The van der Waals surface area contributed by atoms with Gasteiger partial charge in [-0.25, -0.2) is 8.42 Å². The van der Waals surface area contributed by atoms with Crippen molar-refractivity contribution in [2.24, 2.45) is 4.40 Å². The van der Waals surface area contributed by atoms with Gasteiger partial charge in [0.05, 0.1) is 11.4 Å². The highest BCUT2D eigenvalue weighted by Crippen LogP contribution is 2.42. The average Bonchev–Trinajstić information content (AvgIpc) is 3.04. The molecule has 0 aromatic heterocycles. The third-order valence-corrected chi connectivity index (χ3v) is 7.09. The number of sulfonamides is 1. The molecule has 2 heterocycles. The molecule has 10 heteroatoms. The van der Waals surface area contributed by atoms with Gasteiger partial charge in [-0.2, -0.15) is 0 Å². The van der Waals surface area contributed by atoms with Crippen molar-refractivity contribution in [1.29, 1.82) is 0 Å². The zero-order valence-corrected chi connectivity index (χ0v) is 17.4. The zero-order valence-electron chi connectivity index (χ0n) is 15.7. The fourth-order valence-electron chi connectivity index (χ4n) is 3.22. The van der Waals surface area contributed by atoms with Crippen molar-refractivity contribution in [3.8, 4) is 0 Å². The average molecular weight is 431 g/mol. The van der Waals surface area contributed by atoms with Crippen LogP contribution < -0.4 is 15.5 Å². The van der Waals surface area contributed by atoms with E-state index in [0.29, 0.717) is 34.1 Å². The predicted octanol–water partition coefficient (Wildman–Crippen LogP) is 2.22. The molecule has 29 heavy (non-hydrogen) atoms. The number of carbonyl (C=O) groups excluding carboxylic acids is 2. The Bertz CT molecular complexity index is 1170. The van der Waals surface area contributed by atoms with E-state index in [-0.39, 0.29) is 17.6 Å². The first kappa shape index (κ1) is 19.5. The van der Waals surface area contributed by atoms with Gasteiger partial charge in [0.25, 0.3) is 21.8 Å². The van der Waals surface area contributed by atoms with Crippen molar-refractivity contribution < 1.29 is 18.0 Å². The maximum absolute atomic E-state index is 12.8. The Hall–Kier alpha value is -2.85. The number of hydrogen-bond acceptors (Lipinski definition) is 6. The Morgan fingerprint density at radius 1 is 1.17 bits per heavy atom. The van der Waals surface area contributed by atoms with Crippen LogP contribution in [0.15, 0.2) is 45.7 Å². The molecule has 0 aliphatic carbocycles. The molecule has 2 aromatic rings. The van der Waals surface area contributed by atoms with Crippen LogP contribution in [0.4, 0.5) is 11.4 Å². The molecule has 0 atom stereocenters. The summed E-state index contributed by atoms with van der Waals surface area (Å²) in [6.45, 7) is 2.12. The first-order valence-electron chi connectivity index (χ1n) is 8.84. The van der Waals surface area contributed by atoms with E-state index < -0.39 is 10.0 Å². The summed E-state index contributed by atoms with van der Waals surface area (Å²) in [5.41, 5.74) is 3.00. The van der Waals surface area contributed by atoms with Gasteiger partial charge in [0.2, 0.25) is 0 Å². The Labute approximate surface area is 172 Å². The Balaban J connectivity index is 1.59. The molecule has 0 saturated heterocycles. The van der Waals surface area contributed by atoms with Crippen molar-refractivity contribution in [3.05, 3.63) is 53.1 Å². The van der Waals surface area contributed by atoms with Crippen LogP contribution in [-0.4, -0.2) is 44.7 Å². The molecule has 0 unspecified atom stereocenters. The molecular formula is C19H18N4O4S2. The van der Waals surface area contributed by atoms with Gasteiger partial charge in [-0.3, -0.25) is 9.59 Å². The number of rotatable bonds is 3. The fraction of sp³-hybridized carbons (Fsp3) is 0.211. The van der Waals surface area contributed by atoms with Crippen molar-refractivity contribution in [3.63, 3.8) is 0 Å². The Kier molecular flexibility index (Phi) is 4.83. The van der Waals surface area contributed by atoms with Gasteiger partial charge < -0.3 is 15.5 Å². The summed E-state index contributed by atoms with van der Waals surface area (Å²) >= 11 is 1.24. The smallest absolute Gasteiger partial charge is 0.257 e. The van der Waals surface area contributed by atoms with Gasteiger partial charge >= 0.3 is 0 Å². The maximum Gasteiger partial charge on any atom is 0.257 e. The number of carbonyl (C=O) groups is 2. The molecular weight excluding hydrogens is 412 g/mol. The number of anilines is 2. The van der Waals surface area contributed by atoms with Gasteiger partial charge in [-0.1, -0.05) is 6.07 Å². The summed E-state index contributed by atoms with van der Waals surface area (Å²) in [6, 6.07) is 10.4. The van der Waals surface area contributed by atoms with E-state index in [2.05, 4.69) is 15.0 Å². The normalized spacial score (nSPS) is 16.5. The van der Waals surface area contributed by atoms with Crippen molar-refractivity contribution in [2.45, 2.75) is 11.8 Å². The van der Waals surface area contributed by atoms with E-state index in [1.165, 1.54) is 11.8 Å². The summed E-state index contributed by atoms with van der Waals surface area (Å²) < 4.78 is 27.3. The van der Waals surface area contributed by atoms with Crippen LogP contribution in [-0.2, 0) is 10.0 Å². The lowest BCUT2D eigenvalue weighted by molar-refractivity contribution is 0.0960. The summed E-state index contributed by atoms with van der Waals surface area (Å²) in [6.07, 6.45) is 0. The molecule has 2 aliphatic heterocycles. The lowest BCUT2D eigenvalue weighted by Gasteiger charge is -2.22. The minimum atomic E-state index is -3.43. The molecule has 150 valence electrons. The molecule has 4 rings (SSSR count). The minimum absolute atomic E-state index is 0.0281. The molecule has 2 amide bonds. The van der Waals surface area contributed by atoms with Crippen LogP contribution >= 0.6 is 11.8 Å². The number of thioether (sulfide) groups is 1. The summed E-state index contributed by atoms with van der Waals surface area (Å²) in [7, 11) is -1.87. The molecule has 0 saturated carbocycles. The van der Waals surface area contributed by atoms with Crippen LogP contribution in [0, 0.1) is 6.92 Å². The zero-order chi connectivity index (χ0) is 20.8. The quantitative estimate of drug-likeness (QED) is 0.773. The van der Waals surface area contributed by atoms with Crippen molar-refractivity contribution in [1.82, 2.24) is 5.32 Å². The number of amides is 2. The fourth-order valence-corrected chi connectivity index (χ4v) is 5.51. The second kappa shape index (κ2) is 7.20. The first-order chi connectivity index (χ1) is 13.8. The van der Waals surface area contributed by atoms with Gasteiger partial charge in [0.1, 0.15) is 0 Å². The maximum atomic E-state index is 12.8. The highest BCUT2D eigenvalue weighted by Gasteiger charge is 2.33. The lowest BCUT2D eigenvalue weighted by Crippen LogP contribution is -2.35. The minimum Gasteiger partial charge on any atom is -0.355 e. The van der Waals surface area contributed by atoms with E-state index in [4.69, 9.17) is 0 Å². The lowest BCUT2D eigenvalue weighted by atomic mass is 10.1. The second-order valence-electron chi connectivity index (χ2n) is 6.61. The molecule has 2 N–H and O–H groups in total. The molecule has 0 fully saturated rings. The molecule has 2 aliphatic rings. The number of fused-ring (bicyclic) bond motifs is 3. The van der Waals surface area contributed by atoms with Crippen LogP contribution in [0.2, 0.25) is 0 Å². The van der Waals surface area contributed by atoms with Crippen LogP contribution in [0.25, 0.3) is 0 Å². The molecule has 8 nitrogen and oxygen atoms in total. The predicted molar refractivity (Wildman–Crippen MR) is 113 cm³/mol. The van der Waals surface area contributed by atoms with Crippen LogP contribution in [0.5, 0.6) is 0 Å². The Morgan fingerprint density at radius 2 is 1.97 bits per heavy atom. The molecule has 0 radical (unpaired) electrons. The summed E-state index contributed by atoms with van der Waals surface area (Å²) in [5, 5.41) is 5.84. The number of nitrogens with one attached hydrogen (secondary N) is 2. The van der Waals surface area contributed by atoms with Crippen molar-refractivity contribution in [2.75, 3.05) is 29.6 Å². The third-order valence-electron chi connectivity index (χ3n) is 4.79. The largest absolute Gasteiger partial charge is 0.355 e. The van der Waals surface area contributed by atoms with E-state index in [1.807, 2.05) is 4.90 Å². The monoisotopic (exact) mass is 430 g/mol.